The van der Waals surface area contributed by atoms with Crippen molar-refractivity contribution in [3.8, 4) is 0 Å². The molecule has 0 amide bonds. The number of benzene rings is 1. The average molecular weight is 232 g/mol. The van der Waals surface area contributed by atoms with Gasteiger partial charge in [0.1, 0.15) is 0 Å². The molecule has 1 aliphatic heterocycles. The van der Waals surface area contributed by atoms with Crippen LogP contribution in [0.15, 0.2) is 24.3 Å². The van der Waals surface area contributed by atoms with E-state index in [0.29, 0.717) is 12.0 Å². The van der Waals surface area contributed by atoms with Gasteiger partial charge < -0.3 is 5.73 Å². The van der Waals surface area contributed by atoms with Crippen LogP contribution in [0.2, 0.25) is 0 Å². The van der Waals surface area contributed by atoms with E-state index in [0.717, 1.165) is 13.1 Å². The van der Waals surface area contributed by atoms with Crippen molar-refractivity contribution in [3.05, 3.63) is 35.4 Å². The van der Waals surface area contributed by atoms with Crippen LogP contribution in [0.25, 0.3) is 0 Å². The molecule has 17 heavy (non-hydrogen) atoms. The Labute approximate surface area is 105 Å². The molecule has 94 valence electrons. The molecule has 2 atom stereocenters. The lowest BCUT2D eigenvalue weighted by molar-refractivity contribution is 0.154. The van der Waals surface area contributed by atoms with Crippen molar-refractivity contribution < 1.29 is 0 Å². The van der Waals surface area contributed by atoms with E-state index in [2.05, 4.69) is 43.0 Å². The molecule has 0 bridgehead atoms. The second kappa shape index (κ2) is 5.65. The molecule has 0 spiro atoms. The molecule has 1 aliphatic rings. The van der Waals surface area contributed by atoms with E-state index in [1.807, 2.05) is 0 Å². The molecule has 0 saturated carbocycles. The minimum atomic E-state index is 0.329. The maximum atomic E-state index is 6.02. The van der Waals surface area contributed by atoms with Crippen LogP contribution in [0.3, 0.4) is 0 Å². The van der Waals surface area contributed by atoms with E-state index in [1.54, 1.807) is 0 Å². The third kappa shape index (κ3) is 3.55. The maximum absolute atomic E-state index is 6.02. The lowest BCUT2D eigenvalue weighted by Gasteiger charge is -2.34. The second-order valence-corrected chi connectivity index (χ2v) is 5.49. The number of aryl methyl sites for hydroxylation is 1. The number of hydrogen-bond donors (Lipinski definition) is 1. The highest BCUT2D eigenvalue weighted by Crippen LogP contribution is 2.20. The van der Waals surface area contributed by atoms with Crippen molar-refractivity contribution >= 4 is 0 Å². The summed E-state index contributed by atoms with van der Waals surface area (Å²) in [4.78, 5) is 2.55. The summed E-state index contributed by atoms with van der Waals surface area (Å²) < 4.78 is 0. The SMILES string of the molecule is Cc1cccc(CN2CCCC(C(C)N)C2)c1. The van der Waals surface area contributed by atoms with Gasteiger partial charge in [0, 0.05) is 19.1 Å². The molecule has 0 radical (unpaired) electrons. The van der Waals surface area contributed by atoms with E-state index in [-0.39, 0.29) is 0 Å². The predicted octanol–water partition coefficient (Wildman–Crippen LogP) is 2.55. The molecule has 2 N–H and O–H groups in total. The Morgan fingerprint density at radius 2 is 2.29 bits per heavy atom. The fourth-order valence-electron chi connectivity index (χ4n) is 2.73. The van der Waals surface area contributed by atoms with Crippen LogP contribution in [-0.4, -0.2) is 24.0 Å². The van der Waals surface area contributed by atoms with E-state index < -0.39 is 0 Å². The highest BCUT2D eigenvalue weighted by molar-refractivity contribution is 5.22. The Bertz CT molecular complexity index is 360. The molecule has 2 heteroatoms. The molecule has 0 aliphatic carbocycles. The Kier molecular flexibility index (Phi) is 4.19. The van der Waals surface area contributed by atoms with Gasteiger partial charge in [-0.1, -0.05) is 29.8 Å². The summed E-state index contributed by atoms with van der Waals surface area (Å²) in [5.41, 5.74) is 8.80. The zero-order chi connectivity index (χ0) is 12.3. The summed E-state index contributed by atoms with van der Waals surface area (Å²) in [6.07, 6.45) is 2.58. The van der Waals surface area contributed by atoms with E-state index in [4.69, 9.17) is 5.73 Å². The van der Waals surface area contributed by atoms with Crippen LogP contribution in [0.1, 0.15) is 30.9 Å². The summed E-state index contributed by atoms with van der Waals surface area (Å²) in [5, 5.41) is 0. The molecule has 1 aromatic carbocycles. The number of rotatable bonds is 3. The third-order valence-corrected chi connectivity index (χ3v) is 3.77. The van der Waals surface area contributed by atoms with E-state index >= 15 is 0 Å². The first-order valence-corrected chi connectivity index (χ1v) is 6.68. The van der Waals surface area contributed by atoms with Gasteiger partial charge in [-0.15, -0.1) is 0 Å². The summed E-state index contributed by atoms with van der Waals surface area (Å²) in [5.74, 6) is 0.675. The van der Waals surface area contributed by atoms with Crippen LogP contribution >= 0.6 is 0 Å². The number of nitrogens with two attached hydrogens (primary N) is 1. The van der Waals surface area contributed by atoms with Gasteiger partial charge in [0.2, 0.25) is 0 Å². The zero-order valence-electron chi connectivity index (χ0n) is 11.0. The maximum Gasteiger partial charge on any atom is 0.0233 e. The van der Waals surface area contributed by atoms with E-state index in [9.17, 15) is 0 Å². The van der Waals surface area contributed by atoms with Crippen molar-refractivity contribution in [1.29, 1.82) is 0 Å². The first kappa shape index (κ1) is 12.6. The fourth-order valence-corrected chi connectivity index (χ4v) is 2.73. The van der Waals surface area contributed by atoms with Crippen LogP contribution in [-0.2, 0) is 6.54 Å². The molecule has 0 aromatic heterocycles. The number of likely N-dealkylation sites (tertiary alicyclic amines) is 1. The van der Waals surface area contributed by atoms with Gasteiger partial charge in [0.25, 0.3) is 0 Å². The number of nitrogens with zero attached hydrogens (tertiary/aromatic N) is 1. The molecule has 2 unspecified atom stereocenters. The quantitative estimate of drug-likeness (QED) is 0.868. The Morgan fingerprint density at radius 3 is 3.00 bits per heavy atom. The van der Waals surface area contributed by atoms with Crippen molar-refractivity contribution in [2.24, 2.45) is 11.7 Å². The van der Waals surface area contributed by atoms with Gasteiger partial charge >= 0.3 is 0 Å². The first-order valence-electron chi connectivity index (χ1n) is 6.68. The highest BCUT2D eigenvalue weighted by Gasteiger charge is 2.22. The Hall–Kier alpha value is -0.860. The van der Waals surface area contributed by atoms with Crippen molar-refractivity contribution in [1.82, 2.24) is 4.90 Å². The smallest absolute Gasteiger partial charge is 0.0233 e. The highest BCUT2D eigenvalue weighted by atomic mass is 15.1. The zero-order valence-corrected chi connectivity index (χ0v) is 11.0. The first-order chi connectivity index (χ1) is 8.15. The molecule has 2 nitrogen and oxygen atoms in total. The average Bonchev–Trinajstić information content (AvgIpc) is 2.29. The normalized spacial score (nSPS) is 23.6. The molecule has 1 heterocycles. The minimum absolute atomic E-state index is 0.329. The summed E-state index contributed by atoms with van der Waals surface area (Å²) in [6.45, 7) is 7.75. The monoisotopic (exact) mass is 232 g/mol. The largest absolute Gasteiger partial charge is 0.328 e. The predicted molar refractivity (Wildman–Crippen MR) is 72.8 cm³/mol. The van der Waals surface area contributed by atoms with Crippen LogP contribution in [0.5, 0.6) is 0 Å². The van der Waals surface area contributed by atoms with Crippen molar-refractivity contribution in [3.63, 3.8) is 0 Å². The van der Waals surface area contributed by atoms with E-state index in [1.165, 1.54) is 30.5 Å². The fraction of sp³-hybridized carbons (Fsp3) is 0.600. The number of hydrogen-bond acceptors (Lipinski definition) is 2. The summed E-state index contributed by atoms with van der Waals surface area (Å²) in [6, 6.07) is 9.15. The topological polar surface area (TPSA) is 29.3 Å². The number of piperidine rings is 1. The summed E-state index contributed by atoms with van der Waals surface area (Å²) in [7, 11) is 0. The molecular formula is C15H24N2. The van der Waals surface area contributed by atoms with Crippen molar-refractivity contribution in [2.45, 2.75) is 39.3 Å². The Balaban J connectivity index is 1.94. The molecular weight excluding hydrogens is 208 g/mol. The Morgan fingerprint density at radius 1 is 1.47 bits per heavy atom. The third-order valence-electron chi connectivity index (χ3n) is 3.77. The van der Waals surface area contributed by atoms with Crippen molar-refractivity contribution in [2.75, 3.05) is 13.1 Å². The second-order valence-electron chi connectivity index (χ2n) is 5.49. The van der Waals surface area contributed by atoms with Crippen LogP contribution in [0, 0.1) is 12.8 Å². The van der Waals surface area contributed by atoms with Gasteiger partial charge in [0.15, 0.2) is 0 Å². The van der Waals surface area contributed by atoms with Gasteiger partial charge in [-0.3, -0.25) is 4.90 Å². The lowest BCUT2D eigenvalue weighted by atomic mass is 9.92. The molecule has 1 saturated heterocycles. The van der Waals surface area contributed by atoms with Gasteiger partial charge in [-0.25, -0.2) is 0 Å². The van der Waals surface area contributed by atoms with Crippen LogP contribution < -0.4 is 5.73 Å². The molecule has 1 aromatic rings. The molecule has 2 rings (SSSR count). The van der Waals surface area contributed by atoms with Gasteiger partial charge in [-0.2, -0.15) is 0 Å². The van der Waals surface area contributed by atoms with Gasteiger partial charge in [0.05, 0.1) is 0 Å². The van der Waals surface area contributed by atoms with Crippen LogP contribution in [0.4, 0.5) is 0 Å². The standard InChI is InChI=1S/C15H24N2/c1-12-5-3-6-14(9-12)10-17-8-4-7-15(11-17)13(2)16/h3,5-6,9,13,15H,4,7-8,10-11,16H2,1-2H3. The minimum Gasteiger partial charge on any atom is -0.328 e. The van der Waals surface area contributed by atoms with Gasteiger partial charge in [-0.05, 0) is 44.7 Å². The molecule has 1 fully saturated rings. The lowest BCUT2D eigenvalue weighted by Crippen LogP contribution is -2.41. The summed E-state index contributed by atoms with van der Waals surface area (Å²) >= 11 is 0.